The first-order valence-electron chi connectivity index (χ1n) is 7.36. The highest BCUT2D eigenvalue weighted by atomic mass is 16.5. The number of nitrogens with zero attached hydrogens (tertiary/aromatic N) is 5. The lowest BCUT2D eigenvalue weighted by Crippen LogP contribution is -2.28. The summed E-state index contributed by atoms with van der Waals surface area (Å²) in [6.45, 7) is 8.23. The zero-order valence-electron chi connectivity index (χ0n) is 13.4. The van der Waals surface area contributed by atoms with E-state index < -0.39 is 0 Å². The Morgan fingerprint density at radius 3 is 2.86 bits per heavy atom. The Morgan fingerprint density at radius 2 is 2.09 bits per heavy atom. The minimum atomic E-state index is 0.235. The Morgan fingerprint density at radius 1 is 1.27 bits per heavy atom. The van der Waals surface area contributed by atoms with E-state index >= 15 is 0 Å². The molecule has 0 atom stereocenters. The van der Waals surface area contributed by atoms with Crippen LogP contribution in [0.1, 0.15) is 26.7 Å². The molecule has 6 heteroatoms. The molecule has 0 fully saturated rings. The molecule has 0 spiro atoms. The second kappa shape index (κ2) is 5.53. The maximum atomic E-state index is 5.38. The van der Waals surface area contributed by atoms with Crippen LogP contribution in [0.3, 0.4) is 0 Å². The molecule has 22 heavy (non-hydrogen) atoms. The van der Waals surface area contributed by atoms with Gasteiger partial charge in [-0.2, -0.15) is 4.98 Å². The van der Waals surface area contributed by atoms with Gasteiger partial charge < -0.3 is 4.52 Å². The highest BCUT2D eigenvalue weighted by Gasteiger charge is 2.17. The van der Waals surface area contributed by atoms with Crippen LogP contribution in [0.2, 0.25) is 0 Å². The molecule has 3 heterocycles. The quantitative estimate of drug-likeness (QED) is 0.741. The number of hydrogen-bond donors (Lipinski definition) is 0. The highest BCUT2D eigenvalue weighted by molar-refractivity contribution is 5.56. The van der Waals surface area contributed by atoms with Crippen LogP contribution >= 0.6 is 0 Å². The SMILES string of the molecule is CN(Cc1nc(-c2cnc3ccccn23)no1)CC(C)(C)C. The van der Waals surface area contributed by atoms with Crippen molar-refractivity contribution in [3.05, 3.63) is 36.5 Å². The Hall–Kier alpha value is -2.21. The largest absolute Gasteiger partial charge is 0.337 e. The fourth-order valence-electron chi connectivity index (χ4n) is 2.62. The summed E-state index contributed by atoms with van der Waals surface area (Å²) in [6, 6.07) is 5.85. The minimum Gasteiger partial charge on any atom is -0.337 e. The van der Waals surface area contributed by atoms with Gasteiger partial charge in [-0.05, 0) is 24.6 Å². The van der Waals surface area contributed by atoms with Crippen LogP contribution < -0.4 is 0 Å². The van der Waals surface area contributed by atoms with Crippen molar-refractivity contribution in [2.24, 2.45) is 5.41 Å². The molecule has 0 radical (unpaired) electrons. The first-order chi connectivity index (χ1) is 10.4. The highest BCUT2D eigenvalue weighted by Crippen LogP contribution is 2.19. The molecule has 6 nitrogen and oxygen atoms in total. The van der Waals surface area contributed by atoms with Gasteiger partial charge in [0.2, 0.25) is 11.7 Å². The average Bonchev–Trinajstić information content (AvgIpc) is 3.02. The summed E-state index contributed by atoms with van der Waals surface area (Å²) in [6.07, 6.45) is 3.71. The summed E-state index contributed by atoms with van der Waals surface area (Å²) in [7, 11) is 2.06. The van der Waals surface area contributed by atoms with Gasteiger partial charge in [0.1, 0.15) is 11.3 Å². The monoisotopic (exact) mass is 299 g/mol. The van der Waals surface area contributed by atoms with Gasteiger partial charge in [0, 0.05) is 12.7 Å². The van der Waals surface area contributed by atoms with Crippen molar-refractivity contribution in [3.63, 3.8) is 0 Å². The number of fused-ring (bicyclic) bond motifs is 1. The Bertz CT molecular complexity index is 768. The topological polar surface area (TPSA) is 59.5 Å². The lowest BCUT2D eigenvalue weighted by atomic mass is 9.96. The number of aromatic nitrogens is 4. The molecule has 0 amide bonds. The van der Waals surface area contributed by atoms with Crippen molar-refractivity contribution in [1.82, 2.24) is 24.4 Å². The van der Waals surface area contributed by atoms with Gasteiger partial charge in [0.05, 0.1) is 12.7 Å². The smallest absolute Gasteiger partial charge is 0.241 e. The van der Waals surface area contributed by atoms with Gasteiger partial charge in [0.25, 0.3) is 0 Å². The lowest BCUT2D eigenvalue weighted by Gasteiger charge is -2.25. The summed E-state index contributed by atoms with van der Waals surface area (Å²) < 4.78 is 7.33. The average molecular weight is 299 g/mol. The zero-order chi connectivity index (χ0) is 15.7. The first kappa shape index (κ1) is 14.7. The van der Waals surface area contributed by atoms with E-state index in [1.54, 1.807) is 6.20 Å². The van der Waals surface area contributed by atoms with Crippen LogP contribution in [0, 0.1) is 5.41 Å². The second-order valence-electron chi connectivity index (χ2n) is 6.82. The van der Waals surface area contributed by atoms with Gasteiger partial charge in [-0.3, -0.25) is 9.30 Å². The summed E-state index contributed by atoms with van der Waals surface area (Å²) in [4.78, 5) is 11.0. The number of hydrogen-bond acceptors (Lipinski definition) is 5. The first-order valence-corrected chi connectivity index (χ1v) is 7.36. The molecule has 0 saturated heterocycles. The summed E-state index contributed by atoms with van der Waals surface area (Å²) in [5, 5.41) is 4.08. The molecule has 3 rings (SSSR count). The standard InChI is InChI=1S/C16H21N5O/c1-16(2,3)11-20(4)10-14-18-15(19-22-14)12-9-17-13-7-5-6-8-21(12)13/h5-9H,10-11H2,1-4H3. The van der Waals surface area contributed by atoms with Crippen LogP contribution in [-0.2, 0) is 6.54 Å². The van der Waals surface area contributed by atoms with Crippen molar-refractivity contribution in [3.8, 4) is 11.5 Å². The zero-order valence-corrected chi connectivity index (χ0v) is 13.4. The number of pyridine rings is 1. The number of imidazole rings is 1. The minimum absolute atomic E-state index is 0.235. The van der Waals surface area contributed by atoms with Crippen LogP contribution in [0.5, 0.6) is 0 Å². The van der Waals surface area contributed by atoms with Crippen LogP contribution in [-0.4, -0.2) is 38.0 Å². The number of rotatable bonds is 4. The molecule has 0 N–H and O–H groups in total. The Labute approximate surface area is 129 Å². The summed E-state index contributed by atoms with van der Waals surface area (Å²) in [5.74, 6) is 1.19. The predicted molar refractivity (Wildman–Crippen MR) is 84.3 cm³/mol. The maximum Gasteiger partial charge on any atom is 0.241 e. The third-order valence-corrected chi connectivity index (χ3v) is 3.26. The summed E-state index contributed by atoms with van der Waals surface area (Å²) >= 11 is 0. The lowest BCUT2D eigenvalue weighted by molar-refractivity contribution is 0.198. The van der Waals surface area contributed by atoms with Gasteiger partial charge in [-0.15, -0.1) is 0 Å². The van der Waals surface area contributed by atoms with Gasteiger partial charge in [-0.25, -0.2) is 4.98 Å². The van der Waals surface area contributed by atoms with E-state index in [1.807, 2.05) is 28.8 Å². The molecular weight excluding hydrogens is 278 g/mol. The molecule has 0 aliphatic carbocycles. The van der Waals surface area contributed by atoms with E-state index in [9.17, 15) is 0 Å². The van der Waals surface area contributed by atoms with E-state index in [2.05, 4.69) is 47.8 Å². The van der Waals surface area contributed by atoms with Crippen molar-refractivity contribution < 1.29 is 4.52 Å². The fraction of sp³-hybridized carbons (Fsp3) is 0.438. The normalized spacial score (nSPS) is 12.4. The molecule has 3 aromatic heterocycles. The molecule has 0 aliphatic heterocycles. The molecule has 0 saturated carbocycles. The fourth-order valence-corrected chi connectivity index (χ4v) is 2.62. The van der Waals surface area contributed by atoms with E-state index in [4.69, 9.17) is 4.52 Å². The van der Waals surface area contributed by atoms with E-state index in [1.165, 1.54) is 0 Å². The third kappa shape index (κ3) is 3.17. The molecule has 0 aromatic carbocycles. The van der Waals surface area contributed by atoms with Gasteiger partial charge in [0.15, 0.2) is 0 Å². The third-order valence-electron chi connectivity index (χ3n) is 3.26. The van der Waals surface area contributed by atoms with Crippen LogP contribution in [0.15, 0.2) is 35.1 Å². The molecule has 3 aromatic rings. The van der Waals surface area contributed by atoms with Crippen molar-refractivity contribution in [2.45, 2.75) is 27.3 Å². The molecule has 0 unspecified atom stereocenters. The van der Waals surface area contributed by atoms with Crippen LogP contribution in [0.4, 0.5) is 0 Å². The van der Waals surface area contributed by atoms with Crippen LogP contribution in [0.25, 0.3) is 17.2 Å². The molecular formula is C16H21N5O. The van der Waals surface area contributed by atoms with E-state index in [0.29, 0.717) is 18.3 Å². The summed E-state index contributed by atoms with van der Waals surface area (Å²) in [5.41, 5.74) is 1.94. The maximum absolute atomic E-state index is 5.38. The van der Waals surface area contributed by atoms with E-state index in [-0.39, 0.29) is 5.41 Å². The van der Waals surface area contributed by atoms with Crippen molar-refractivity contribution in [1.29, 1.82) is 0 Å². The Balaban J connectivity index is 1.79. The molecule has 116 valence electrons. The second-order valence-corrected chi connectivity index (χ2v) is 6.82. The molecule has 0 bridgehead atoms. The van der Waals surface area contributed by atoms with Gasteiger partial charge >= 0.3 is 0 Å². The molecule has 0 aliphatic rings. The van der Waals surface area contributed by atoms with Crippen molar-refractivity contribution in [2.75, 3.05) is 13.6 Å². The predicted octanol–water partition coefficient (Wildman–Crippen LogP) is 2.86. The van der Waals surface area contributed by atoms with Crippen molar-refractivity contribution >= 4 is 5.65 Å². The Kier molecular flexibility index (Phi) is 3.70. The van der Waals surface area contributed by atoms with E-state index in [0.717, 1.165) is 17.9 Å². The van der Waals surface area contributed by atoms with Gasteiger partial charge in [-0.1, -0.05) is 32.0 Å².